The Labute approximate surface area is 81.9 Å². The lowest BCUT2D eigenvalue weighted by Crippen LogP contribution is -2.10. The van der Waals surface area contributed by atoms with E-state index in [1.165, 1.54) is 19.3 Å². The molecule has 0 aromatic carbocycles. The molecule has 14 heavy (non-hydrogen) atoms. The van der Waals surface area contributed by atoms with Gasteiger partial charge in [-0.15, -0.1) is 0 Å². The van der Waals surface area contributed by atoms with Gasteiger partial charge in [0.15, 0.2) is 0 Å². The Bertz CT molecular complexity index is 347. The van der Waals surface area contributed by atoms with Gasteiger partial charge in [-0.05, 0) is 31.1 Å². The number of anilines is 2. The third kappa shape index (κ3) is 1.20. The third-order valence-electron chi connectivity index (χ3n) is 3.30. The molecule has 1 aromatic heterocycles. The minimum atomic E-state index is 0.244. The molecule has 2 saturated carbocycles. The van der Waals surface area contributed by atoms with Crippen LogP contribution in [0.5, 0.6) is 0 Å². The van der Waals surface area contributed by atoms with Gasteiger partial charge in [0.1, 0.15) is 5.82 Å². The van der Waals surface area contributed by atoms with E-state index >= 15 is 0 Å². The minimum Gasteiger partial charge on any atom is -0.368 e. The average molecular weight is 191 g/mol. The second kappa shape index (κ2) is 2.56. The lowest BCUT2D eigenvalue weighted by Gasteiger charge is -2.10. The first kappa shape index (κ1) is 7.96. The van der Waals surface area contributed by atoms with Crippen LogP contribution in [0.15, 0.2) is 0 Å². The fourth-order valence-electron chi connectivity index (χ4n) is 2.54. The molecule has 2 unspecified atom stereocenters. The van der Waals surface area contributed by atoms with Gasteiger partial charge in [-0.25, -0.2) is 0 Å². The molecule has 2 fully saturated rings. The van der Waals surface area contributed by atoms with Gasteiger partial charge in [-0.3, -0.25) is 0 Å². The number of nitrogens with two attached hydrogens (primary N) is 2. The van der Waals surface area contributed by atoms with Crippen LogP contribution in [0.4, 0.5) is 11.9 Å². The smallest absolute Gasteiger partial charge is 0.225 e. The van der Waals surface area contributed by atoms with E-state index < -0.39 is 0 Å². The highest BCUT2D eigenvalue weighted by molar-refractivity contribution is 5.27. The van der Waals surface area contributed by atoms with Crippen molar-refractivity contribution < 1.29 is 0 Å². The highest BCUT2D eigenvalue weighted by Gasteiger charge is 2.47. The van der Waals surface area contributed by atoms with E-state index in [0.717, 1.165) is 17.7 Å². The summed E-state index contributed by atoms with van der Waals surface area (Å²) < 4.78 is 0. The van der Waals surface area contributed by atoms with Crippen molar-refractivity contribution in [1.82, 2.24) is 15.0 Å². The van der Waals surface area contributed by atoms with Gasteiger partial charge in [0.2, 0.25) is 11.9 Å². The van der Waals surface area contributed by atoms with Gasteiger partial charge in [-0.1, -0.05) is 0 Å². The lowest BCUT2D eigenvalue weighted by molar-refractivity contribution is 0.588. The topological polar surface area (TPSA) is 90.7 Å². The number of hydrogen-bond donors (Lipinski definition) is 2. The van der Waals surface area contributed by atoms with Gasteiger partial charge in [0, 0.05) is 5.92 Å². The van der Waals surface area contributed by atoms with Crippen LogP contribution in [-0.4, -0.2) is 15.0 Å². The van der Waals surface area contributed by atoms with Crippen molar-refractivity contribution in [2.45, 2.75) is 25.2 Å². The molecule has 0 bridgehead atoms. The molecule has 3 rings (SSSR count). The van der Waals surface area contributed by atoms with E-state index in [0.29, 0.717) is 5.92 Å². The zero-order valence-corrected chi connectivity index (χ0v) is 7.85. The molecule has 5 nitrogen and oxygen atoms in total. The first-order chi connectivity index (χ1) is 6.72. The predicted octanol–water partition coefficient (Wildman–Crippen LogP) is 0.549. The van der Waals surface area contributed by atoms with Crippen molar-refractivity contribution in [1.29, 1.82) is 0 Å². The first-order valence-electron chi connectivity index (χ1n) is 4.99. The molecule has 0 spiro atoms. The maximum Gasteiger partial charge on any atom is 0.225 e. The standard InChI is InChI=1S/C9H13N5/c10-8-12-7(13-9(11)14-8)6-2-4-1-5(4)3-6/h4-6H,1-3H2,(H4,10,11,12,13,14). The van der Waals surface area contributed by atoms with Crippen LogP contribution in [-0.2, 0) is 0 Å². The fourth-order valence-corrected chi connectivity index (χ4v) is 2.54. The second-order valence-electron chi connectivity index (χ2n) is 4.33. The zero-order chi connectivity index (χ0) is 9.71. The quantitative estimate of drug-likeness (QED) is 0.676. The largest absolute Gasteiger partial charge is 0.368 e. The first-order valence-corrected chi connectivity index (χ1v) is 4.99. The molecule has 2 aliphatic rings. The third-order valence-corrected chi connectivity index (χ3v) is 3.30. The van der Waals surface area contributed by atoms with Crippen molar-refractivity contribution in [2.75, 3.05) is 11.5 Å². The molecule has 0 aliphatic heterocycles. The molecule has 2 atom stereocenters. The Kier molecular flexibility index (Phi) is 1.45. The summed E-state index contributed by atoms with van der Waals surface area (Å²) in [4.78, 5) is 12.1. The van der Waals surface area contributed by atoms with Crippen LogP contribution in [0.25, 0.3) is 0 Å². The van der Waals surface area contributed by atoms with Gasteiger partial charge < -0.3 is 11.5 Å². The Morgan fingerprint density at radius 1 is 0.857 bits per heavy atom. The number of hydrogen-bond acceptors (Lipinski definition) is 5. The summed E-state index contributed by atoms with van der Waals surface area (Å²) in [7, 11) is 0. The van der Waals surface area contributed by atoms with Crippen molar-refractivity contribution >= 4 is 11.9 Å². The Balaban J connectivity index is 1.88. The highest BCUT2D eigenvalue weighted by Crippen LogP contribution is 2.56. The minimum absolute atomic E-state index is 0.244. The summed E-state index contributed by atoms with van der Waals surface area (Å²) in [5, 5.41) is 0. The number of fused-ring (bicyclic) bond motifs is 1. The molecule has 1 heterocycles. The van der Waals surface area contributed by atoms with Gasteiger partial charge >= 0.3 is 0 Å². The number of aromatic nitrogens is 3. The van der Waals surface area contributed by atoms with E-state index in [1.54, 1.807) is 0 Å². The van der Waals surface area contributed by atoms with Crippen LogP contribution in [0.1, 0.15) is 31.0 Å². The monoisotopic (exact) mass is 191 g/mol. The molecule has 74 valence electrons. The summed E-state index contributed by atoms with van der Waals surface area (Å²) in [6.07, 6.45) is 3.80. The summed E-state index contributed by atoms with van der Waals surface area (Å²) in [6, 6.07) is 0. The Hall–Kier alpha value is -1.39. The molecular formula is C9H13N5. The average Bonchev–Trinajstić information content (AvgIpc) is 2.72. The predicted molar refractivity (Wildman–Crippen MR) is 52.2 cm³/mol. The van der Waals surface area contributed by atoms with Crippen LogP contribution in [0.2, 0.25) is 0 Å². The summed E-state index contributed by atoms with van der Waals surface area (Å²) >= 11 is 0. The fraction of sp³-hybridized carbons (Fsp3) is 0.667. The van der Waals surface area contributed by atoms with Crippen LogP contribution < -0.4 is 11.5 Å². The normalized spacial score (nSPS) is 34.1. The van der Waals surface area contributed by atoms with Gasteiger partial charge in [-0.2, -0.15) is 15.0 Å². The Morgan fingerprint density at radius 3 is 2.00 bits per heavy atom. The summed E-state index contributed by atoms with van der Waals surface area (Å²) in [5.41, 5.74) is 11.1. The van der Waals surface area contributed by atoms with E-state index in [-0.39, 0.29) is 11.9 Å². The molecule has 0 saturated heterocycles. The van der Waals surface area contributed by atoms with Gasteiger partial charge in [0.05, 0.1) is 0 Å². The molecule has 1 aromatic rings. The SMILES string of the molecule is Nc1nc(N)nc(C2CC3CC3C2)n1. The molecule has 4 N–H and O–H groups in total. The van der Waals surface area contributed by atoms with Crippen LogP contribution >= 0.6 is 0 Å². The zero-order valence-electron chi connectivity index (χ0n) is 7.85. The van der Waals surface area contributed by atoms with Crippen molar-refractivity contribution in [2.24, 2.45) is 11.8 Å². The summed E-state index contributed by atoms with van der Waals surface area (Å²) in [5.74, 6) is 3.58. The van der Waals surface area contributed by atoms with Crippen molar-refractivity contribution in [3.05, 3.63) is 5.82 Å². The maximum absolute atomic E-state index is 5.53. The van der Waals surface area contributed by atoms with Crippen LogP contribution in [0, 0.1) is 11.8 Å². The van der Waals surface area contributed by atoms with E-state index in [9.17, 15) is 0 Å². The molecule has 0 amide bonds. The summed E-state index contributed by atoms with van der Waals surface area (Å²) in [6.45, 7) is 0. The maximum atomic E-state index is 5.53. The second-order valence-corrected chi connectivity index (χ2v) is 4.33. The molecule has 0 radical (unpaired) electrons. The van der Waals surface area contributed by atoms with E-state index in [2.05, 4.69) is 15.0 Å². The highest BCUT2D eigenvalue weighted by atomic mass is 15.1. The number of rotatable bonds is 1. The number of nitrogen functional groups attached to an aromatic ring is 2. The molecule has 5 heteroatoms. The van der Waals surface area contributed by atoms with Crippen molar-refractivity contribution in [3.8, 4) is 0 Å². The Morgan fingerprint density at radius 2 is 1.43 bits per heavy atom. The number of nitrogens with zero attached hydrogens (tertiary/aromatic N) is 3. The van der Waals surface area contributed by atoms with Crippen molar-refractivity contribution in [3.63, 3.8) is 0 Å². The van der Waals surface area contributed by atoms with E-state index in [1.807, 2.05) is 0 Å². The van der Waals surface area contributed by atoms with Crippen LogP contribution in [0.3, 0.4) is 0 Å². The molecule has 2 aliphatic carbocycles. The van der Waals surface area contributed by atoms with Gasteiger partial charge in [0.25, 0.3) is 0 Å². The molecular weight excluding hydrogens is 178 g/mol. The van der Waals surface area contributed by atoms with E-state index in [4.69, 9.17) is 11.5 Å². The lowest BCUT2D eigenvalue weighted by atomic mass is 10.0.